The van der Waals surface area contributed by atoms with Gasteiger partial charge >= 0.3 is 0 Å². The van der Waals surface area contributed by atoms with Crippen molar-refractivity contribution in [1.29, 1.82) is 0 Å². The zero-order valence-electron chi connectivity index (χ0n) is 10.6. The maximum absolute atomic E-state index is 13.1. The summed E-state index contributed by atoms with van der Waals surface area (Å²) in [4.78, 5) is 20.1. The van der Waals surface area contributed by atoms with Crippen molar-refractivity contribution < 1.29 is 9.18 Å². The number of rotatable bonds is 3. The summed E-state index contributed by atoms with van der Waals surface area (Å²) in [5.74, 6) is -0.140. The van der Waals surface area contributed by atoms with Crippen LogP contribution in [0.1, 0.15) is 10.4 Å². The van der Waals surface area contributed by atoms with Crippen molar-refractivity contribution in [3.8, 4) is 11.4 Å². The SMILES string of the molecule is O=C(NC1CNC1)c1cnc(-c2cccc(F)c2)nc1. The van der Waals surface area contributed by atoms with E-state index in [0.717, 1.165) is 13.1 Å². The number of hydrogen-bond acceptors (Lipinski definition) is 4. The average molecular weight is 272 g/mol. The molecular weight excluding hydrogens is 259 g/mol. The van der Waals surface area contributed by atoms with Gasteiger partial charge < -0.3 is 10.6 Å². The van der Waals surface area contributed by atoms with E-state index in [0.29, 0.717) is 17.0 Å². The fraction of sp³-hybridized carbons (Fsp3) is 0.214. The minimum absolute atomic E-state index is 0.172. The van der Waals surface area contributed by atoms with Gasteiger partial charge in [-0.25, -0.2) is 14.4 Å². The van der Waals surface area contributed by atoms with E-state index in [1.807, 2.05) is 0 Å². The summed E-state index contributed by atoms with van der Waals surface area (Å²) < 4.78 is 13.1. The topological polar surface area (TPSA) is 66.9 Å². The van der Waals surface area contributed by atoms with Crippen LogP contribution in [0, 0.1) is 5.82 Å². The van der Waals surface area contributed by atoms with Crippen molar-refractivity contribution in [3.05, 3.63) is 48.0 Å². The third kappa shape index (κ3) is 2.65. The summed E-state index contributed by atoms with van der Waals surface area (Å²) in [6.45, 7) is 1.57. The van der Waals surface area contributed by atoms with E-state index in [2.05, 4.69) is 20.6 Å². The number of hydrogen-bond donors (Lipinski definition) is 2. The molecule has 6 heteroatoms. The van der Waals surface area contributed by atoms with Crippen molar-refractivity contribution in [3.63, 3.8) is 0 Å². The Morgan fingerprint density at radius 2 is 2.05 bits per heavy atom. The molecule has 1 aromatic heterocycles. The molecule has 0 aliphatic carbocycles. The van der Waals surface area contributed by atoms with Crippen LogP contribution < -0.4 is 10.6 Å². The van der Waals surface area contributed by atoms with Crippen molar-refractivity contribution in [2.24, 2.45) is 0 Å². The van der Waals surface area contributed by atoms with Gasteiger partial charge in [-0.2, -0.15) is 0 Å². The Hall–Kier alpha value is -2.34. The molecule has 3 rings (SSSR count). The molecule has 0 radical (unpaired) electrons. The average Bonchev–Trinajstić information content (AvgIpc) is 2.43. The fourth-order valence-electron chi connectivity index (χ4n) is 1.88. The van der Waals surface area contributed by atoms with Crippen LogP contribution >= 0.6 is 0 Å². The highest BCUT2D eigenvalue weighted by atomic mass is 19.1. The lowest BCUT2D eigenvalue weighted by atomic mass is 10.1. The normalized spacial score (nSPS) is 14.7. The van der Waals surface area contributed by atoms with Crippen LogP contribution in [0.15, 0.2) is 36.7 Å². The van der Waals surface area contributed by atoms with E-state index in [9.17, 15) is 9.18 Å². The van der Waals surface area contributed by atoms with Gasteiger partial charge in [0.05, 0.1) is 11.6 Å². The number of halogens is 1. The zero-order chi connectivity index (χ0) is 13.9. The Morgan fingerprint density at radius 3 is 2.65 bits per heavy atom. The van der Waals surface area contributed by atoms with Crippen molar-refractivity contribution in [2.45, 2.75) is 6.04 Å². The molecule has 1 aromatic carbocycles. The fourth-order valence-corrected chi connectivity index (χ4v) is 1.88. The van der Waals surface area contributed by atoms with Crippen LogP contribution in [0.4, 0.5) is 4.39 Å². The Morgan fingerprint density at radius 1 is 1.30 bits per heavy atom. The highest BCUT2D eigenvalue weighted by Crippen LogP contribution is 2.15. The summed E-state index contributed by atoms with van der Waals surface area (Å²) in [7, 11) is 0. The van der Waals surface area contributed by atoms with Gasteiger partial charge in [-0.05, 0) is 12.1 Å². The molecule has 2 N–H and O–H groups in total. The zero-order valence-corrected chi connectivity index (χ0v) is 10.6. The Bertz CT molecular complexity index is 625. The maximum Gasteiger partial charge on any atom is 0.254 e. The van der Waals surface area contributed by atoms with E-state index < -0.39 is 0 Å². The number of carbonyl (C=O) groups excluding carboxylic acids is 1. The van der Waals surface area contributed by atoms with Crippen LogP contribution in [0.2, 0.25) is 0 Å². The lowest BCUT2D eigenvalue weighted by Gasteiger charge is -2.27. The Kier molecular flexibility index (Phi) is 3.39. The van der Waals surface area contributed by atoms with Gasteiger partial charge in [0.2, 0.25) is 0 Å². The molecule has 1 fully saturated rings. The van der Waals surface area contributed by atoms with Crippen molar-refractivity contribution in [2.75, 3.05) is 13.1 Å². The Balaban J connectivity index is 1.75. The summed E-state index contributed by atoms with van der Waals surface area (Å²) in [6.07, 6.45) is 2.91. The second-order valence-corrected chi connectivity index (χ2v) is 4.63. The van der Waals surface area contributed by atoms with Gasteiger partial charge in [-0.1, -0.05) is 12.1 Å². The first-order valence-corrected chi connectivity index (χ1v) is 6.32. The molecule has 0 bridgehead atoms. The largest absolute Gasteiger partial charge is 0.347 e. The first-order valence-electron chi connectivity index (χ1n) is 6.32. The highest BCUT2D eigenvalue weighted by Gasteiger charge is 2.19. The minimum Gasteiger partial charge on any atom is -0.347 e. The van der Waals surface area contributed by atoms with Crippen LogP contribution in [0.25, 0.3) is 11.4 Å². The Labute approximate surface area is 115 Å². The van der Waals surface area contributed by atoms with Gasteiger partial charge in [0.15, 0.2) is 5.82 Å². The van der Waals surface area contributed by atoms with E-state index in [1.165, 1.54) is 24.5 Å². The van der Waals surface area contributed by atoms with E-state index >= 15 is 0 Å². The van der Waals surface area contributed by atoms with Crippen LogP contribution in [0.3, 0.4) is 0 Å². The first kappa shape index (κ1) is 12.7. The molecule has 0 spiro atoms. The quantitative estimate of drug-likeness (QED) is 0.874. The summed E-state index contributed by atoms with van der Waals surface area (Å²) >= 11 is 0. The molecule has 1 aliphatic heterocycles. The molecule has 2 heterocycles. The molecule has 5 nitrogen and oxygen atoms in total. The number of nitrogens with one attached hydrogen (secondary N) is 2. The monoisotopic (exact) mass is 272 g/mol. The number of carbonyl (C=O) groups is 1. The molecule has 0 saturated carbocycles. The van der Waals surface area contributed by atoms with Crippen molar-refractivity contribution >= 4 is 5.91 Å². The van der Waals surface area contributed by atoms with Gasteiger partial charge in [0.25, 0.3) is 5.91 Å². The third-order valence-corrected chi connectivity index (χ3v) is 3.11. The number of aromatic nitrogens is 2. The second kappa shape index (κ2) is 5.34. The van der Waals surface area contributed by atoms with Crippen LogP contribution in [0.5, 0.6) is 0 Å². The van der Waals surface area contributed by atoms with Gasteiger partial charge in [0.1, 0.15) is 5.82 Å². The molecule has 1 amide bonds. The summed E-state index contributed by atoms with van der Waals surface area (Å²) in [5, 5.41) is 5.93. The molecule has 20 heavy (non-hydrogen) atoms. The van der Waals surface area contributed by atoms with E-state index in [4.69, 9.17) is 0 Å². The molecule has 102 valence electrons. The predicted molar refractivity (Wildman–Crippen MR) is 71.5 cm³/mol. The lowest BCUT2D eigenvalue weighted by molar-refractivity contribution is 0.0923. The number of benzene rings is 1. The molecule has 0 atom stereocenters. The highest BCUT2D eigenvalue weighted by molar-refractivity contribution is 5.94. The van der Waals surface area contributed by atoms with E-state index in [-0.39, 0.29) is 17.8 Å². The van der Waals surface area contributed by atoms with Gasteiger partial charge in [-0.3, -0.25) is 4.79 Å². The molecule has 1 saturated heterocycles. The lowest BCUT2D eigenvalue weighted by Crippen LogP contribution is -2.56. The summed E-state index contributed by atoms with van der Waals surface area (Å²) in [5.41, 5.74) is 0.984. The number of amides is 1. The second-order valence-electron chi connectivity index (χ2n) is 4.63. The molecule has 1 aliphatic rings. The van der Waals surface area contributed by atoms with Crippen molar-refractivity contribution in [1.82, 2.24) is 20.6 Å². The number of nitrogens with zero attached hydrogens (tertiary/aromatic N) is 2. The maximum atomic E-state index is 13.1. The minimum atomic E-state index is -0.342. The molecular formula is C14H13FN4O. The van der Waals surface area contributed by atoms with Gasteiger partial charge in [-0.15, -0.1) is 0 Å². The van der Waals surface area contributed by atoms with E-state index in [1.54, 1.807) is 12.1 Å². The van der Waals surface area contributed by atoms with Gasteiger partial charge in [0, 0.05) is 31.0 Å². The standard InChI is InChI=1S/C14H13FN4O/c15-11-3-1-2-9(4-11)13-17-5-10(6-18-13)14(20)19-12-7-16-8-12/h1-6,12,16H,7-8H2,(H,19,20). The predicted octanol–water partition coefficient (Wildman–Crippen LogP) is 0.984. The first-order chi connectivity index (χ1) is 9.72. The summed E-state index contributed by atoms with van der Waals surface area (Å²) in [6, 6.07) is 6.20. The smallest absolute Gasteiger partial charge is 0.254 e. The molecule has 2 aromatic rings. The van der Waals surface area contributed by atoms with Crippen LogP contribution in [-0.4, -0.2) is 35.0 Å². The molecule has 0 unspecified atom stereocenters. The third-order valence-electron chi connectivity index (χ3n) is 3.11. The van der Waals surface area contributed by atoms with Crippen LogP contribution in [-0.2, 0) is 0 Å².